The van der Waals surface area contributed by atoms with Gasteiger partial charge in [0.05, 0.1) is 0 Å². The number of nitrogens with zero attached hydrogens (tertiary/aromatic N) is 2. The Morgan fingerprint density at radius 2 is 2.32 bits per heavy atom. The first-order chi connectivity index (χ1) is 10.7. The third-order valence-electron chi connectivity index (χ3n) is 4.15. The van der Waals surface area contributed by atoms with Crippen LogP contribution in [0.5, 0.6) is 0 Å². The molecule has 1 amide bonds. The zero-order valence-corrected chi connectivity index (χ0v) is 14.2. The standard InChI is InChI=1S/C17H19ClN2OS/c1-2-14-8-3-4-9-20(14)17(21)15-11-22-16(19-15)12-6-5-7-13(18)10-12/h5-7,10-11,14H,2-4,8-9H2,1H3. The van der Waals surface area contributed by atoms with E-state index in [4.69, 9.17) is 11.6 Å². The average Bonchev–Trinajstić information content (AvgIpc) is 3.04. The topological polar surface area (TPSA) is 33.2 Å². The number of halogens is 1. The predicted molar refractivity (Wildman–Crippen MR) is 91.5 cm³/mol. The summed E-state index contributed by atoms with van der Waals surface area (Å²) in [4.78, 5) is 19.3. The van der Waals surface area contributed by atoms with Crippen molar-refractivity contribution in [1.29, 1.82) is 0 Å². The molecule has 0 bridgehead atoms. The third-order valence-corrected chi connectivity index (χ3v) is 5.28. The summed E-state index contributed by atoms with van der Waals surface area (Å²) in [5.74, 6) is 0.0658. The summed E-state index contributed by atoms with van der Waals surface area (Å²) in [6.07, 6.45) is 4.42. The van der Waals surface area contributed by atoms with E-state index in [-0.39, 0.29) is 5.91 Å². The molecule has 1 aliphatic heterocycles. The van der Waals surface area contributed by atoms with E-state index in [1.54, 1.807) is 0 Å². The maximum absolute atomic E-state index is 12.7. The fourth-order valence-corrected chi connectivity index (χ4v) is 3.95. The van der Waals surface area contributed by atoms with Crippen LogP contribution in [0.3, 0.4) is 0 Å². The zero-order chi connectivity index (χ0) is 15.5. The van der Waals surface area contributed by atoms with Gasteiger partial charge in [-0.3, -0.25) is 4.79 Å². The lowest BCUT2D eigenvalue weighted by atomic mass is 10.00. The van der Waals surface area contributed by atoms with Crippen molar-refractivity contribution in [1.82, 2.24) is 9.88 Å². The molecule has 1 atom stereocenters. The number of hydrogen-bond donors (Lipinski definition) is 0. The van der Waals surface area contributed by atoms with Gasteiger partial charge in [0.2, 0.25) is 0 Å². The third kappa shape index (κ3) is 3.18. The number of piperidine rings is 1. The van der Waals surface area contributed by atoms with Gasteiger partial charge in [0.15, 0.2) is 0 Å². The van der Waals surface area contributed by atoms with Gasteiger partial charge in [-0.2, -0.15) is 0 Å². The first kappa shape index (κ1) is 15.5. The number of carbonyl (C=O) groups is 1. The summed E-state index contributed by atoms with van der Waals surface area (Å²) < 4.78 is 0. The fraction of sp³-hybridized carbons (Fsp3) is 0.412. The number of aromatic nitrogens is 1. The molecule has 22 heavy (non-hydrogen) atoms. The molecule has 1 unspecified atom stereocenters. The van der Waals surface area contributed by atoms with Gasteiger partial charge < -0.3 is 4.90 Å². The summed E-state index contributed by atoms with van der Waals surface area (Å²) in [5, 5.41) is 3.39. The molecule has 0 N–H and O–H groups in total. The van der Waals surface area contributed by atoms with E-state index in [2.05, 4.69) is 11.9 Å². The smallest absolute Gasteiger partial charge is 0.273 e. The van der Waals surface area contributed by atoms with E-state index in [1.165, 1.54) is 17.8 Å². The maximum Gasteiger partial charge on any atom is 0.273 e. The van der Waals surface area contributed by atoms with Crippen LogP contribution < -0.4 is 0 Å². The van der Waals surface area contributed by atoms with Gasteiger partial charge in [0.1, 0.15) is 10.7 Å². The van der Waals surface area contributed by atoms with Crippen molar-refractivity contribution >= 4 is 28.8 Å². The van der Waals surface area contributed by atoms with E-state index >= 15 is 0 Å². The molecule has 0 radical (unpaired) electrons. The number of rotatable bonds is 3. The van der Waals surface area contributed by atoms with Crippen molar-refractivity contribution in [2.24, 2.45) is 0 Å². The Labute approximate surface area is 139 Å². The minimum Gasteiger partial charge on any atom is -0.334 e. The van der Waals surface area contributed by atoms with E-state index in [9.17, 15) is 4.79 Å². The first-order valence-electron chi connectivity index (χ1n) is 7.71. The van der Waals surface area contributed by atoms with E-state index in [0.29, 0.717) is 16.8 Å². The Morgan fingerprint density at radius 3 is 3.09 bits per heavy atom. The predicted octanol–water partition coefficient (Wildman–Crippen LogP) is 4.87. The fourth-order valence-electron chi connectivity index (χ4n) is 2.97. The molecular weight excluding hydrogens is 316 g/mol. The number of likely N-dealkylation sites (tertiary alicyclic amines) is 1. The summed E-state index contributed by atoms with van der Waals surface area (Å²) in [6.45, 7) is 3.00. The number of thiazole rings is 1. The Bertz CT molecular complexity index is 670. The van der Waals surface area contributed by atoms with Crippen LogP contribution in [0.25, 0.3) is 10.6 Å². The van der Waals surface area contributed by atoms with Crippen molar-refractivity contribution in [3.8, 4) is 10.6 Å². The van der Waals surface area contributed by atoms with E-state index in [0.717, 1.165) is 36.4 Å². The highest BCUT2D eigenvalue weighted by Crippen LogP contribution is 2.28. The number of amides is 1. The highest BCUT2D eigenvalue weighted by molar-refractivity contribution is 7.13. The molecular formula is C17H19ClN2OS. The summed E-state index contributed by atoms with van der Waals surface area (Å²) in [5.41, 5.74) is 1.52. The van der Waals surface area contributed by atoms with E-state index < -0.39 is 0 Å². The molecule has 1 aromatic carbocycles. The second-order valence-corrected chi connectivity index (χ2v) is 6.90. The van der Waals surface area contributed by atoms with Crippen LogP contribution in [0.1, 0.15) is 43.1 Å². The van der Waals surface area contributed by atoms with Gasteiger partial charge in [0, 0.05) is 28.6 Å². The highest BCUT2D eigenvalue weighted by atomic mass is 35.5. The van der Waals surface area contributed by atoms with Crippen LogP contribution >= 0.6 is 22.9 Å². The second kappa shape index (κ2) is 6.80. The summed E-state index contributed by atoms with van der Waals surface area (Å²) in [6, 6.07) is 7.94. The van der Waals surface area contributed by atoms with Crippen LogP contribution in [0.15, 0.2) is 29.6 Å². The lowest BCUT2D eigenvalue weighted by Gasteiger charge is -2.34. The average molecular weight is 335 g/mol. The van der Waals surface area contributed by atoms with Gasteiger partial charge in [-0.05, 0) is 37.8 Å². The molecule has 1 fully saturated rings. The van der Waals surface area contributed by atoms with Gasteiger partial charge >= 0.3 is 0 Å². The largest absolute Gasteiger partial charge is 0.334 e. The van der Waals surface area contributed by atoms with Crippen molar-refractivity contribution in [3.63, 3.8) is 0 Å². The van der Waals surface area contributed by atoms with Crippen LogP contribution in [0.2, 0.25) is 5.02 Å². The van der Waals surface area contributed by atoms with Crippen LogP contribution in [-0.2, 0) is 0 Å². The van der Waals surface area contributed by atoms with Gasteiger partial charge in [-0.15, -0.1) is 11.3 Å². The molecule has 5 heteroatoms. The Hall–Kier alpha value is -1.39. The molecule has 3 rings (SSSR count). The molecule has 1 aromatic heterocycles. The monoisotopic (exact) mass is 334 g/mol. The number of benzene rings is 1. The lowest BCUT2D eigenvalue weighted by molar-refractivity contribution is 0.0603. The van der Waals surface area contributed by atoms with E-state index in [1.807, 2.05) is 34.5 Å². The molecule has 2 heterocycles. The molecule has 2 aromatic rings. The van der Waals surface area contributed by atoms with Gasteiger partial charge in [-0.1, -0.05) is 30.7 Å². The molecule has 0 aliphatic carbocycles. The van der Waals surface area contributed by atoms with Gasteiger partial charge in [-0.25, -0.2) is 4.98 Å². The molecule has 1 saturated heterocycles. The lowest BCUT2D eigenvalue weighted by Crippen LogP contribution is -2.43. The Kier molecular flexibility index (Phi) is 4.79. The Morgan fingerprint density at radius 1 is 1.45 bits per heavy atom. The number of hydrogen-bond acceptors (Lipinski definition) is 3. The highest BCUT2D eigenvalue weighted by Gasteiger charge is 2.27. The molecule has 0 saturated carbocycles. The second-order valence-electron chi connectivity index (χ2n) is 5.60. The minimum absolute atomic E-state index is 0.0658. The molecule has 3 nitrogen and oxygen atoms in total. The molecule has 0 spiro atoms. The van der Waals surface area contributed by atoms with Crippen LogP contribution in [0, 0.1) is 0 Å². The Balaban J connectivity index is 1.82. The SMILES string of the molecule is CCC1CCCCN1C(=O)c1csc(-c2cccc(Cl)c2)n1. The van der Waals surface area contributed by atoms with Crippen molar-refractivity contribution < 1.29 is 4.79 Å². The van der Waals surface area contributed by atoms with Crippen molar-refractivity contribution in [3.05, 3.63) is 40.4 Å². The van der Waals surface area contributed by atoms with Crippen molar-refractivity contribution in [2.75, 3.05) is 6.54 Å². The minimum atomic E-state index is 0.0658. The quantitative estimate of drug-likeness (QED) is 0.802. The first-order valence-corrected chi connectivity index (χ1v) is 8.97. The summed E-state index contributed by atoms with van der Waals surface area (Å²) in [7, 11) is 0. The van der Waals surface area contributed by atoms with Crippen LogP contribution in [-0.4, -0.2) is 28.4 Å². The molecule has 116 valence electrons. The number of carbonyl (C=O) groups excluding carboxylic acids is 1. The van der Waals surface area contributed by atoms with Gasteiger partial charge in [0.25, 0.3) is 5.91 Å². The van der Waals surface area contributed by atoms with Crippen LogP contribution in [0.4, 0.5) is 0 Å². The molecule has 1 aliphatic rings. The normalized spacial score (nSPS) is 18.5. The summed E-state index contributed by atoms with van der Waals surface area (Å²) >= 11 is 7.52. The maximum atomic E-state index is 12.7. The van der Waals surface area contributed by atoms with Crippen molar-refractivity contribution in [2.45, 2.75) is 38.6 Å². The zero-order valence-electron chi connectivity index (χ0n) is 12.6.